The molecule has 0 aromatic heterocycles. The van der Waals surface area contributed by atoms with E-state index in [1.165, 1.54) is 0 Å². The van der Waals surface area contributed by atoms with Crippen LogP contribution in [0.2, 0.25) is 5.02 Å². The second kappa shape index (κ2) is 7.93. The molecule has 25 heavy (non-hydrogen) atoms. The highest BCUT2D eigenvalue weighted by Crippen LogP contribution is 2.22. The Balaban J connectivity index is 2.00. The molecule has 0 fully saturated rings. The average Bonchev–Trinajstić information content (AvgIpc) is 2.58. The van der Waals surface area contributed by atoms with Gasteiger partial charge in [0.1, 0.15) is 0 Å². The highest BCUT2D eigenvalue weighted by Gasteiger charge is 2.20. The Kier molecular flexibility index (Phi) is 6.14. The fourth-order valence-electron chi connectivity index (χ4n) is 2.23. The molecule has 0 saturated carbocycles. The number of carbonyl (C=O) groups excluding carboxylic acids is 2. The molecule has 0 unspecified atom stereocenters. The summed E-state index contributed by atoms with van der Waals surface area (Å²) in [5.41, 5.74) is 2.35. The van der Waals surface area contributed by atoms with Crippen LogP contribution in [0.5, 0.6) is 0 Å². The van der Waals surface area contributed by atoms with Crippen LogP contribution in [0.1, 0.15) is 42.3 Å². The number of imide groups is 1. The van der Waals surface area contributed by atoms with Gasteiger partial charge in [-0.05, 0) is 40.8 Å². The van der Waals surface area contributed by atoms with Crippen molar-refractivity contribution in [2.45, 2.75) is 32.7 Å². The van der Waals surface area contributed by atoms with Crippen LogP contribution >= 0.6 is 24.4 Å². The summed E-state index contributed by atoms with van der Waals surface area (Å²) >= 11 is 9.93. The molecule has 0 bridgehead atoms. The Hall–Kier alpha value is -1.98. The molecular weight excluding hydrogens is 356 g/mol. The minimum Gasteiger partial charge on any atom is -0.333 e. The smallest absolute Gasteiger partial charge is 0.333 e. The van der Waals surface area contributed by atoms with Crippen LogP contribution in [0.15, 0.2) is 48.5 Å². The Morgan fingerprint density at radius 3 is 2.32 bits per heavy atom. The van der Waals surface area contributed by atoms with E-state index in [1.807, 2.05) is 18.2 Å². The number of hydrogen-bond acceptors (Lipinski definition) is 3. The maximum atomic E-state index is 12.4. The van der Waals surface area contributed by atoms with Crippen LogP contribution < -0.4 is 5.32 Å². The number of amides is 3. The van der Waals surface area contributed by atoms with Crippen LogP contribution in [0.25, 0.3) is 0 Å². The summed E-state index contributed by atoms with van der Waals surface area (Å²) < 4.78 is 0.774. The quantitative estimate of drug-likeness (QED) is 0.753. The van der Waals surface area contributed by atoms with Gasteiger partial charge < -0.3 is 5.32 Å². The highest BCUT2D eigenvalue weighted by molar-refractivity contribution is 7.79. The normalized spacial score (nSPS) is 11.1. The Labute approximate surface area is 158 Å². The van der Waals surface area contributed by atoms with Crippen molar-refractivity contribution >= 4 is 36.4 Å². The lowest BCUT2D eigenvalue weighted by Gasteiger charge is -2.20. The first-order chi connectivity index (χ1) is 11.7. The Bertz CT molecular complexity index is 770. The molecule has 2 rings (SSSR count). The molecule has 0 atom stereocenters. The van der Waals surface area contributed by atoms with Crippen molar-refractivity contribution in [2.75, 3.05) is 0 Å². The summed E-state index contributed by atoms with van der Waals surface area (Å²) in [5, 5.41) is 3.23. The predicted octanol–water partition coefficient (Wildman–Crippen LogP) is 4.83. The first kappa shape index (κ1) is 19.3. The van der Waals surface area contributed by atoms with Gasteiger partial charge in [-0.2, -0.15) is 0 Å². The second-order valence-electron chi connectivity index (χ2n) is 6.73. The van der Waals surface area contributed by atoms with Crippen molar-refractivity contribution in [2.24, 2.45) is 0 Å². The summed E-state index contributed by atoms with van der Waals surface area (Å²) in [6, 6.07) is 13.7. The van der Waals surface area contributed by atoms with Crippen molar-refractivity contribution in [3.63, 3.8) is 0 Å². The topological polar surface area (TPSA) is 49.4 Å². The van der Waals surface area contributed by atoms with Gasteiger partial charge in [0, 0.05) is 17.1 Å². The lowest BCUT2D eigenvalue weighted by Crippen LogP contribution is -2.37. The highest BCUT2D eigenvalue weighted by atomic mass is 35.5. The number of benzene rings is 2. The number of nitrogens with zero attached hydrogens (tertiary/aromatic N) is 1. The number of thiol groups is 1. The van der Waals surface area contributed by atoms with Gasteiger partial charge in [0.05, 0.1) is 0 Å². The van der Waals surface area contributed by atoms with Gasteiger partial charge in [0.25, 0.3) is 5.91 Å². The molecule has 0 saturated heterocycles. The molecule has 0 aliphatic carbocycles. The largest absolute Gasteiger partial charge is 0.334 e. The Morgan fingerprint density at radius 1 is 1.12 bits per heavy atom. The van der Waals surface area contributed by atoms with Crippen LogP contribution in [0.3, 0.4) is 0 Å². The van der Waals surface area contributed by atoms with E-state index >= 15 is 0 Å². The maximum Gasteiger partial charge on any atom is 0.334 e. The van der Waals surface area contributed by atoms with E-state index in [1.54, 1.807) is 30.3 Å². The fourth-order valence-corrected chi connectivity index (χ4v) is 2.63. The van der Waals surface area contributed by atoms with Crippen LogP contribution in [0.4, 0.5) is 4.79 Å². The summed E-state index contributed by atoms with van der Waals surface area (Å²) in [6.45, 7) is 6.54. The molecule has 3 amide bonds. The molecule has 2 aromatic rings. The molecule has 132 valence electrons. The van der Waals surface area contributed by atoms with Crippen LogP contribution in [-0.2, 0) is 12.0 Å². The second-order valence-corrected chi connectivity index (χ2v) is 7.57. The van der Waals surface area contributed by atoms with Gasteiger partial charge in [-0.15, -0.1) is 0 Å². The van der Waals surface area contributed by atoms with Crippen molar-refractivity contribution in [3.05, 3.63) is 70.2 Å². The summed E-state index contributed by atoms with van der Waals surface area (Å²) in [7, 11) is 0. The fraction of sp³-hybridized carbons (Fsp3) is 0.263. The molecule has 0 aliphatic heterocycles. The number of urea groups is 1. The third-order valence-corrected chi connectivity index (χ3v) is 4.31. The van der Waals surface area contributed by atoms with Gasteiger partial charge in [-0.3, -0.25) is 4.79 Å². The van der Waals surface area contributed by atoms with Crippen molar-refractivity contribution in [1.29, 1.82) is 0 Å². The van der Waals surface area contributed by atoms with E-state index in [-0.39, 0.29) is 12.0 Å². The number of nitrogens with one attached hydrogen (secondary N) is 1. The van der Waals surface area contributed by atoms with E-state index in [2.05, 4.69) is 38.9 Å². The predicted molar refractivity (Wildman–Crippen MR) is 104 cm³/mol. The molecule has 0 heterocycles. The zero-order valence-electron chi connectivity index (χ0n) is 14.4. The monoisotopic (exact) mass is 376 g/mol. The van der Waals surface area contributed by atoms with Gasteiger partial charge in [0.15, 0.2) is 0 Å². The minimum atomic E-state index is -0.590. The lowest BCUT2D eigenvalue weighted by molar-refractivity contribution is 0.0895. The van der Waals surface area contributed by atoms with E-state index < -0.39 is 11.9 Å². The first-order valence-electron chi connectivity index (χ1n) is 7.84. The third-order valence-electron chi connectivity index (χ3n) is 3.72. The van der Waals surface area contributed by atoms with E-state index in [0.29, 0.717) is 10.6 Å². The first-order valence-corrected chi connectivity index (χ1v) is 8.62. The van der Waals surface area contributed by atoms with Gasteiger partial charge in [0.2, 0.25) is 0 Å². The van der Waals surface area contributed by atoms with Crippen molar-refractivity contribution in [3.8, 4) is 0 Å². The molecule has 0 aliphatic rings. The molecule has 0 spiro atoms. The SMILES string of the molecule is CC(C)(C)c1ccc(C(=O)N(S)C(=O)NCc2cccc(Cl)c2)cc1. The van der Waals surface area contributed by atoms with Crippen LogP contribution in [0, 0.1) is 0 Å². The maximum absolute atomic E-state index is 12.4. The molecule has 4 nitrogen and oxygen atoms in total. The molecule has 0 radical (unpaired) electrons. The van der Waals surface area contributed by atoms with Gasteiger partial charge in [-0.1, -0.05) is 69.5 Å². The molecule has 6 heteroatoms. The van der Waals surface area contributed by atoms with E-state index in [4.69, 9.17) is 11.6 Å². The average molecular weight is 377 g/mol. The van der Waals surface area contributed by atoms with Crippen LogP contribution in [-0.4, -0.2) is 16.2 Å². The van der Waals surface area contributed by atoms with Gasteiger partial charge in [-0.25, -0.2) is 9.10 Å². The summed E-state index contributed by atoms with van der Waals surface area (Å²) in [6.07, 6.45) is 0. The minimum absolute atomic E-state index is 0.00341. The number of rotatable bonds is 3. The van der Waals surface area contributed by atoms with E-state index in [0.717, 1.165) is 15.4 Å². The standard InChI is InChI=1S/C19H21ClN2O2S/c1-19(2,3)15-9-7-14(8-10-15)17(23)22(25)18(24)21-12-13-5-4-6-16(20)11-13/h4-11,25H,12H2,1-3H3,(H,21,24). The molecular formula is C19H21ClN2O2S. The molecule has 2 aromatic carbocycles. The third kappa shape index (κ3) is 5.25. The lowest BCUT2D eigenvalue weighted by atomic mass is 9.87. The summed E-state index contributed by atoms with van der Waals surface area (Å²) in [5.74, 6) is -0.479. The Morgan fingerprint density at radius 2 is 1.76 bits per heavy atom. The van der Waals surface area contributed by atoms with E-state index in [9.17, 15) is 9.59 Å². The van der Waals surface area contributed by atoms with Crippen molar-refractivity contribution in [1.82, 2.24) is 9.62 Å². The number of hydrogen-bond donors (Lipinski definition) is 2. The van der Waals surface area contributed by atoms with Crippen molar-refractivity contribution < 1.29 is 9.59 Å². The zero-order valence-corrected chi connectivity index (χ0v) is 16.1. The van der Waals surface area contributed by atoms with Gasteiger partial charge >= 0.3 is 6.03 Å². The number of halogens is 1. The molecule has 1 N–H and O–H groups in total. The summed E-state index contributed by atoms with van der Waals surface area (Å²) in [4.78, 5) is 24.5. The number of carbonyl (C=O) groups is 2. The zero-order chi connectivity index (χ0) is 18.6.